The number of benzene rings is 1. The fraction of sp³-hybridized carbons (Fsp3) is 0.312. The van der Waals surface area contributed by atoms with Crippen LogP contribution in [0.3, 0.4) is 0 Å². The standard InChI is InChI=1S/C16H19FN2/c1-3-18-16(15-6-4-5-12(2)19-15)11-13-7-9-14(17)10-8-13/h4-10,16,18H,3,11H2,1-2H3. The van der Waals surface area contributed by atoms with Crippen molar-refractivity contribution in [3.05, 3.63) is 65.2 Å². The van der Waals surface area contributed by atoms with E-state index in [4.69, 9.17) is 0 Å². The highest BCUT2D eigenvalue weighted by Gasteiger charge is 2.12. The Hall–Kier alpha value is -1.74. The van der Waals surface area contributed by atoms with Crippen LogP contribution in [0, 0.1) is 12.7 Å². The summed E-state index contributed by atoms with van der Waals surface area (Å²) >= 11 is 0. The molecule has 1 heterocycles. The summed E-state index contributed by atoms with van der Waals surface area (Å²) in [4.78, 5) is 4.57. The Kier molecular flexibility index (Phi) is 4.63. The molecule has 3 heteroatoms. The molecule has 0 aliphatic carbocycles. The van der Waals surface area contributed by atoms with E-state index in [2.05, 4.69) is 17.2 Å². The molecule has 0 amide bonds. The van der Waals surface area contributed by atoms with Crippen LogP contribution in [0.2, 0.25) is 0 Å². The summed E-state index contributed by atoms with van der Waals surface area (Å²) in [5.74, 6) is -0.197. The Morgan fingerprint density at radius 3 is 2.53 bits per heavy atom. The van der Waals surface area contributed by atoms with E-state index in [-0.39, 0.29) is 11.9 Å². The molecule has 2 aromatic rings. The average molecular weight is 258 g/mol. The SMILES string of the molecule is CCNC(Cc1ccc(F)cc1)c1cccc(C)n1. The van der Waals surface area contributed by atoms with Crippen molar-refractivity contribution in [1.29, 1.82) is 0 Å². The van der Waals surface area contributed by atoms with E-state index in [1.54, 1.807) is 0 Å². The Labute approximate surface area is 113 Å². The van der Waals surface area contributed by atoms with Gasteiger partial charge in [-0.3, -0.25) is 4.98 Å². The van der Waals surface area contributed by atoms with Gasteiger partial charge in [0.1, 0.15) is 5.82 Å². The molecule has 100 valence electrons. The fourth-order valence-corrected chi connectivity index (χ4v) is 2.14. The van der Waals surface area contributed by atoms with E-state index in [1.165, 1.54) is 12.1 Å². The molecule has 0 fully saturated rings. The number of nitrogens with one attached hydrogen (secondary N) is 1. The van der Waals surface area contributed by atoms with Crippen LogP contribution in [0.25, 0.3) is 0 Å². The van der Waals surface area contributed by atoms with E-state index in [0.717, 1.165) is 29.9 Å². The van der Waals surface area contributed by atoms with Gasteiger partial charge in [0.25, 0.3) is 0 Å². The molecule has 0 aliphatic rings. The van der Waals surface area contributed by atoms with Crippen molar-refractivity contribution < 1.29 is 4.39 Å². The quantitative estimate of drug-likeness (QED) is 0.888. The molecule has 0 spiro atoms. The minimum Gasteiger partial charge on any atom is -0.309 e. The number of hydrogen-bond donors (Lipinski definition) is 1. The largest absolute Gasteiger partial charge is 0.309 e. The van der Waals surface area contributed by atoms with Crippen LogP contribution in [0.15, 0.2) is 42.5 Å². The predicted molar refractivity (Wildman–Crippen MR) is 75.5 cm³/mol. The number of hydrogen-bond acceptors (Lipinski definition) is 2. The first-order valence-corrected chi connectivity index (χ1v) is 6.60. The zero-order valence-corrected chi connectivity index (χ0v) is 11.4. The van der Waals surface area contributed by atoms with Crippen LogP contribution < -0.4 is 5.32 Å². The van der Waals surface area contributed by atoms with E-state index in [0.29, 0.717) is 0 Å². The summed E-state index contributed by atoms with van der Waals surface area (Å²) < 4.78 is 12.9. The van der Waals surface area contributed by atoms with E-state index in [9.17, 15) is 4.39 Å². The molecular formula is C16H19FN2. The first-order valence-electron chi connectivity index (χ1n) is 6.60. The molecule has 1 aromatic carbocycles. The van der Waals surface area contributed by atoms with Gasteiger partial charge in [-0.1, -0.05) is 25.1 Å². The summed E-state index contributed by atoms with van der Waals surface area (Å²) in [6.45, 7) is 4.94. The van der Waals surface area contributed by atoms with Gasteiger partial charge in [-0.25, -0.2) is 4.39 Å². The van der Waals surface area contributed by atoms with Crippen LogP contribution in [0.4, 0.5) is 4.39 Å². The van der Waals surface area contributed by atoms with Gasteiger partial charge in [-0.2, -0.15) is 0 Å². The third-order valence-electron chi connectivity index (χ3n) is 3.07. The molecule has 1 aromatic heterocycles. The molecular weight excluding hydrogens is 239 g/mol. The highest BCUT2D eigenvalue weighted by Crippen LogP contribution is 2.17. The Balaban J connectivity index is 2.18. The Morgan fingerprint density at radius 2 is 1.89 bits per heavy atom. The number of halogens is 1. The van der Waals surface area contributed by atoms with Crippen molar-refractivity contribution in [2.45, 2.75) is 26.3 Å². The summed E-state index contributed by atoms with van der Waals surface area (Å²) in [6.07, 6.45) is 0.810. The number of pyridine rings is 1. The molecule has 0 saturated heterocycles. The van der Waals surface area contributed by atoms with Crippen LogP contribution >= 0.6 is 0 Å². The lowest BCUT2D eigenvalue weighted by Gasteiger charge is -2.18. The second-order valence-corrected chi connectivity index (χ2v) is 4.64. The van der Waals surface area contributed by atoms with Crippen LogP contribution in [-0.2, 0) is 6.42 Å². The fourth-order valence-electron chi connectivity index (χ4n) is 2.14. The van der Waals surface area contributed by atoms with Gasteiger partial charge in [0.15, 0.2) is 0 Å². The maximum atomic E-state index is 12.9. The van der Waals surface area contributed by atoms with E-state index >= 15 is 0 Å². The second-order valence-electron chi connectivity index (χ2n) is 4.64. The Bertz CT molecular complexity index is 523. The van der Waals surface area contributed by atoms with Gasteiger partial charge < -0.3 is 5.32 Å². The molecule has 1 N–H and O–H groups in total. The van der Waals surface area contributed by atoms with Crippen LogP contribution in [-0.4, -0.2) is 11.5 Å². The molecule has 0 saturated carbocycles. The minimum atomic E-state index is -0.197. The summed E-state index contributed by atoms with van der Waals surface area (Å²) in [6, 6.07) is 12.9. The number of likely N-dealkylation sites (N-methyl/N-ethyl adjacent to an activating group) is 1. The molecule has 2 rings (SSSR count). The van der Waals surface area contributed by atoms with Gasteiger partial charge in [0, 0.05) is 5.69 Å². The molecule has 2 nitrogen and oxygen atoms in total. The van der Waals surface area contributed by atoms with Crippen molar-refractivity contribution in [3.8, 4) is 0 Å². The lowest BCUT2D eigenvalue weighted by molar-refractivity contribution is 0.535. The average Bonchev–Trinajstić information content (AvgIpc) is 2.41. The Morgan fingerprint density at radius 1 is 1.16 bits per heavy atom. The maximum Gasteiger partial charge on any atom is 0.123 e. The number of aryl methyl sites for hydroxylation is 1. The first-order chi connectivity index (χ1) is 9.19. The van der Waals surface area contributed by atoms with Gasteiger partial charge in [-0.05, 0) is 49.7 Å². The zero-order chi connectivity index (χ0) is 13.7. The van der Waals surface area contributed by atoms with Gasteiger partial charge in [0.05, 0.1) is 11.7 Å². The highest BCUT2D eigenvalue weighted by molar-refractivity contribution is 5.21. The van der Waals surface area contributed by atoms with Crippen molar-refractivity contribution in [2.75, 3.05) is 6.54 Å². The van der Waals surface area contributed by atoms with Gasteiger partial charge in [0.2, 0.25) is 0 Å². The molecule has 1 unspecified atom stereocenters. The summed E-state index contributed by atoms with van der Waals surface area (Å²) in [5.41, 5.74) is 3.15. The second kappa shape index (κ2) is 6.43. The monoisotopic (exact) mass is 258 g/mol. The predicted octanol–water partition coefficient (Wildman–Crippen LogP) is 3.42. The van der Waals surface area contributed by atoms with Crippen LogP contribution in [0.5, 0.6) is 0 Å². The smallest absolute Gasteiger partial charge is 0.123 e. The summed E-state index contributed by atoms with van der Waals surface area (Å²) in [7, 11) is 0. The van der Waals surface area contributed by atoms with Crippen LogP contribution in [0.1, 0.15) is 29.9 Å². The van der Waals surface area contributed by atoms with Crippen molar-refractivity contribution >= 4 is 0 Å². The third-order valence-corrected chi connectivity index (χ3v) is 3.07. The van der Waals surface area contributed by atoms with Crippen molar-refractivity contribution in [2.24, 2.45) is 0 Å². The topological polar surface area (TPSA) is 24.9 Å². The number of nitrogens with zero attached hydrogens (tertiary/aromatic N) is 1. The van der Waals surface area contributed by atoms with E-state index < -0.39 is 0 Å². The lowest BCUT2D eigenvalue weighted by Crippen LogP contribution is -2.24. The minimum absolute atomic E-state index is 0.162. The third kappa shape index (κ3) is 3.86. The van der Waals surface area contributed by atoms with Crippen molar-refractivity contribution in [1.82, 2.24) is 10.3 Å². The molecule has 19 heavy (non-hydrogen) atoms. The van der Waals surface area contributed by atoms with Crippen molar-refractivity contribution in [3.63, 3.8) is 0 Å². The molecule has 0 bridgehead atoms. The van der Waals surface area contributed by atoms with Gasteiger partial charge in [-0.15, -0.1) is 0 Å². The van der Waals surface area contributed by atoms with E-state index in [1.807, 2.05) is 37.3 Å². The normalized spacial score (nSPS) is 12.4. The summed E-state index contributed by atoms with van der Waals surface area (Å²) in [5, 5.41) is 3.43. The number of aromatic nitrogens is 1. The maximum absolute atomic E-state index is 12.9. The highest BCUT2D eigenvalue weighted by atomic mass is 19.1. The zero-order valence-electron chi connectivity index (χ0n) is 11.4. The molecule has 0 aliphatic heterocycles. The lowest BCUT2D eigenvalue weighted by atomic mass is 10.0. The van der Waals surface area contributed by atoms with Gasteiger partial charge >= 0.3 is 0 Å². The number of rotatable bonds is 5. The first kappa shape index (κ1) is 13.7. The molecule has 0 radical (unpaired) electrons. The molecule has 1 atom stereocenters.